The highest BCUT2D eigenvalue weighted by molar-refractivity contribution is 5.92. The third-order valence-electron chi connectivity index (χ3n) is 4.06. The van der Waals surface area contributed by atoms with Crippen LogP contribution in [-0.2, 0) is 4.74 Å². The van der Waals surface area contributed by atoms with Gasteiger partial charge in [0.2, 0.25) is 0 Å². The van der Waals surface area contributed by atoms with E-state index in [0.29, 0.717) is 25.0 Å². The molecule has 1 aliphatic carbocycles. The van der Waals surface area contributed by atoms with E-state index in [4.69, 9.17) is 13.8 Å². The lowest BCUT2D eigenvalue weighted by molar-refractivity contribution is -0.0603. The maximum Gasteiger partial charge on any atom is 0.276 e. The summed E-state index contributed by atoms with van der Waals surface area (Å²) >= 11 is 0. The van der Waals surface area contributed by atoms with Gasteiger partial charge in [-0.05, 0) is 19.8 Å². The van der Waals surface area contributed by atoms with Gasteiger partial charge >= 0.3 is 0 Å². The SMILES string of the molecule is C[C@H]1OCCN(C(=O)c2ccon2)[C@@H]1c1nc(C2CC2)no1. The highest BCUT2D eigenvalue weighted by Crippen LogP contribution is 2.39. The smallest absolute Gasteiger partial charge is 0.276 e. The van der Waals surface area contributed by atoms with Crippen molar-refractivity contribution in [1.29, 1.82) is 0 Å². The first-order valence-corrected chi connectivity index (χ1v) is 7.40. The molecule has 0 radical (unpaired) electrons. The van der Waals surface area contributed by atoms with E-state index in [1.807, 2.05) is 6.92 Å². The number of hydrogen-bond donors (Lipinski definition) is 0. The van der Waals surface area contributed by atoms with Crippen molar-refractivity contribution >= 4 is 5.91 Å². The second-order valence-corrected chi connectivity index (χ2v) is 5.67. The van der Waals surface area contributed by atoms with E-state index in [2.05, 4.69) is 15.3 Å². The maximum absolute atomic E-state index is 12.6. The average Bonchev–Trinajstić information content (AvgIpc) is 3.04. The molecule has 0 unspecified atom stereocenters. The topological polar surface area (TPSA) is 94.5 Å². The van der Waals surface area contributed by atoms with Crippen LogP contribution < -0.4 is 0 Å². The molecule has 0 spiro atoms. The van der Waals surface area contributed by atoms with Crippen molar-refractivity contribution < 1.29 is 18.6 Å². The minimum absolute atomic E-state index is 0.222. The molecule has 2 aliphatic rings. The van der Waals surface area contributed by atoms with Crippen molar-refractivity contribution in [3.8, 4) is 0 Å². The zero-order valence-electron chi connectivity index (χ0n) is 12.1. The van der Waals surface area contributed by atoms with Crippen molar-refractivity contribution in [2.75, 3.05) is 13.2 Å². The summed E-state index contributed by atoms with van der Waals surface area (Å²) in [5, 5.41) is 7.74. The predicted octanol–water partition coefficient (Wildman–Crippen LogP) is 1.54. The molecule has 2 aromatic heterocycles. The van der Waals surface area contributed by atoms with Crippen molar-refractivity contribution in [3.05, 3.63) is 29.7 Å². The van der Waals surface area contributed by atoms with Crippen LogP contribution in [0, 0.1) is 0 Å². The highest BCUT2D eigenvalue weighted by atomic mass is 16.5. The fourth-order valence-corrected chi connectivity index (χ4v) is 2.73. The zero-order valence-corrected chi connectivity index (χ0v) is 12.1. The molecule has 0 aromatic carbocycles. The first-order chi connectivity index (χ1) is 10.7. The molecule has 3 heterocycles. The van der Waals surface area contributed by atoms with Crippen molar-refractivity contribution in [2.45, 2.75) is 37.8 Å². The van der Waals surface area contributed by atoms with Crippen LogP contribution in [0.25, 0.3) is 0 Å². The normalized spacial score (nSPS) is 25.4. The third kappa shape index (κ3) is 2.29. The lowest BCUT2D eigenvalue weighted by Gasteiger charge is -2.37. The van der Waals surface area contributed by atoms with Gasteiger partial charge in [0.05, 0.1) is 12.7 Å². The Labute approximate surface area is 126 Å². The summed E-state index contributed by atoms with van der Waals surface area (Å²) in [5.74, 6) is 1.32. The largest absolute Gasteiger partial charge is 0.374 e. The Bertz CT molecular complexity index is 664. The summed E-state index contributed by atoms with van der Waals surface area (Å²) in [5.41, 5.74) is 0.265. The Balaban J connectivity index is 1.64. The van der Waals surface area contributed by atoms with E-state index in [-0.39, 0.29) is 17.7 Å². The van der Waals surface area contributed by atoms with Crippen LogP contribution in [0.1, 0.15) is 53.9 Å². The quantitative estimate of drug-likeness (QED) is 0.848. The Kier molecular flexibility index (Phi) is 3.18. The summed E-state index contributed by atoms with van der Waals surface area (Å²) in [6.45, 7) is 2.81. The Morgan fingerprint density at radius 2 is 2.23 bits per heavy atom. The van der Waals surface area contributed by atoms with Gasteiger partial charge in [-0.1, -0.05) is 10.3 Å². The first kappa shape index (κ1) is 13.4. The molecule has 8 nitrogen and oxygen atoms in total. The Morgan fingerprint density at radius 1 is 1.36 bits per heavy atom. The standard InChI is InChI=1S/C14H16N4O4/c1-8-11(13-15-12(17-22-13)9-2-3-9)18(5-7-20-8)14(19)10-4-6-21-16-10/h4,6,8-9,11H,2-3,5,7H2,1H3/t8-,11+/m1/s1. The number of carbonyl (C=O) groups is 1. The van der Waals surface area contributed by atoms with Gasteiger partial charge in [0.1, 0.15) is 12.3 Å². The Morgan fingerprint density at radius 3 is 2.95 bits per heavy atom. The molecule has 1 saturated heterocycles. The van der Waals surface area contributed by atoms with Gasteiger partial charge < -0.3 is 18.7 Å². The van der Waals surface area contributed by atoms with E-state index in [1.54, 1.807) is 11.0 Å². The van der Waals surface area contributed by atoms with Gasteiger partial charge in [0, 0.05) is 18.5 Å². The molecular weight excluding hydrogens is 288 g/mol. The lowest BCUT2D eigenvalue weighted by atomic mass is 10.1. The fourth-order valence-electron chi connectivity index (χ4n) is 2.73. The number of aromatic nitrogens is 3. The van der Waals surface area contributed by atoms with Gasteiger partial charge in [0.15, 0.2) is 11.5 Å². The van der Waals surface area contributed by atoms with Gasteiger partial charge in [0.25, 0.3) is 11.8 Å². The molecule has 1 amide bonds. The van der Waals surface area contributed by atoms with E-state index >= 15 is 0 Å². The molecule has 0 bridgehead atoms. The van der Waals surface area contributed by atoms with Gasteiger partial charge in [-0.3, -0.25) is 4.79 Å². The first-order valence-electron chi connectivity index (χ1n) is 7.40. The summed E-state index contributed by atoms with van der Waals surface area (Å²) in [7, 11) is 0. The fraction of sp³-hybridized carbons (Fsp3) is 0.571. The predicted molar refractivity (Wildman–Crippen MR) is 72.0 cm³/mol. The monoisotopic (exact) mass is 304 g/mol. The van der Waals surface area contributed by atoms with E-state index < -0.39 is 6.04 Å². The van der Waals surface area contributed by atoms with Crippen LogP contribution >= 0.6 is 0 Å². The summed E-state index contributed by atoms with van der Waals surface area (Å²) < 4.78 is 15.8. The molecule has 1 aliphatic heterocycles. The number of rotatable bonds is 3. The molecule has 1 saturated carbocycles. The molecule has 2 aromatic rings. The maximum atomic E-state index is 12.6. The van der Waals surface area contributed by atoms with E-state index in [0.717, 1.165) is 18.7 Å². The van der Waals surface area contributed by atoms with Crippen LogP contribution in [0.3, 0.4) is 0 Å². The van der Waals surface area contributed by atoms with Crippen LogP contribution in [0.2, 0.25) is 0 Å². The molecule has 2 fully saturated rings. The van der Waals surface area contributed by atoms with Gasteiger partial charge in [-0.25, -0.2) is 0 Å². The summed E-state index contributed by atoms with van der Waals surface area (Å²) in [6.07, 6.45) is 3.34. The van der Waals surface area contributed by atoms with Gasteiger partial charge in [-0.15, -0.1) is 0 Å². The number of amides is 1. The van der Waals surface area contributed by atoms with Crippen LogP contribution in [0.5, 0.6) is 0 Å². The molecule has 4 rings (SSSR count). The zero-order chi connectivity index (χ0) is 15.1. The molecule has 2 atom stereocenters. The van der Waals surface area contributed by atoms with Crippen LogP contribution in [0.15, 0.2) is 21.4 Å². The molecular formula is C14H16N4O4. The summed E-state index contributed by atoms with van der Waals surface area (Å²) in [4.78, 5) is 18.7. The number of ether oxygens (including phenoxy) is 1. The van der Waals surface area contributed by atoms with Crippen molar-refractivity contribution in [3.63, 3.8) is 0 Å². The van der Waals surface area contributed by atoms with E-state index in [9.17, 15) is 4.79 Å². The van der Waals surface area contributed by atoms with Gasteiger partial charge in [-0.2, -0.15) is 4.98 Å². The molecule has 8 heteroatoms. The lowest BCUT2D eigenvalue weighted by Crippen LogP contribution is -2.47. The number of nitrogens with zero attached hydrogens (tertiary/aromatic N) is 4. The Hall–Kier alpha value is -2.22. The third-order valence-corrected chi connectivity index (χ3v) is 4.06. The summed E-state index contributed by atoms with van der Waals surface area (Å²) in [6, 6.07) is 1.14. The highest BCUT2D eigenvalue weighted by Gasteiger charge is 2.40. The number of morpholine rings is 1. The second-order valence-electron chi connectivity index (χ2n) is 5.67. The van der Waals surface area contributed by atoms with Crippen LogP contribution in [0.4, 0.5) is 0 Å². The second kappa shape index (κ2) is 5.20. The van der Waals surface area contributed by atoms with E-state index in [1.165, 1.54) is 6.26 Å². The van der Waals surface area contributed by atoms with Crippen LogP contribution in [-0.4, -0.2) is 45.4 Å². The molecule has 0 N–H and O–H groups in total. The number of carbonyl (C=O) groups excluding carboxylic acids is 1. The average molecular weight is 304 g/mol. The number of hydrogen-bond acceptors (Lipinski definition) is 7. The van der Waals surface area contributed by atoms with Crippen molar-refractivity contribution in [1.82, 2.24) is 20.2 Å². The minimum atomic E-state index is -0.405. The molecule has 116 valence electrons. The minimum Gasteiger partial charge on any atom is -0.374 e. The van der Waals surface area contributed by atoms with Crippen molar-refractivity contribution in [2.24, 2.45) is 0 Å². The molecule has 22 heavy (non-hydrogen) atoms.